The Hall–Kier alpha value is -1.20. The fourth-order valence-electron chi connectivity index (χ4n) is 1.55. The second-order valence-electron chi connectivity index (χ2n) is 3.57. The zero-order valence-electron chi connectivity index (χ0n) is 9.45. The van der Waals surface area contributed by atoms with Gasteiger partial charge in [0.15, 0.2) is 0 Å². The Morgan fingerprint density at radius 1 is 1.44 bits per heavy atom. The molecule has 0 radical (unpaired) electrons. The number of thiophene rings is 1. The minimum Gasteiger partial charge on any atom is -0.395 e. The summed E-state index contributed by atoms with van der Waals surface area (Å²) in [5, 5.41) is 13.0. The Labute approximate surface area is 98.4 Å². The van der Waals surface area contributed by atoms with E-state index in [-0.39, 0.29) is 6.61 Å². The number of nitrogens with zero attached hydrogens (tertiary/aromatic N) is 2. The highest BCUT2D eigenvalue weighted by molar-refractivity contribution is 7.18. The van der Waals surface area contributed by atoms with E-state index in [9.17, 15) is 0 Å². The highest BCUT2D eigenvalue weighted by atomic mass is 32.1. The van der Waals surface area contributed by atoms with Crippen molar-refractivity contribution in [3.63, 3.8) is 0 Å². The molecule has 2 N–H and O–H groups in total. The van der Waals surface area contributed by atoms with Crippen LogP contribution in [-0.2, 0) is 6.42 Å². The Morgan fingerprint density at radius 3 is 2.94 bits per heavy atom. The zero-order valence-corrected chi connectivity index (χ0v) is 10.3. The van der Waals surface area contributed by atoms with Gasteiger partial charge in [-0.05, 0) is 13.0 Å². The third-order valence-corrected chi connectivity index (χ3v) is 3.23. The molecule has 0 saturated carbocycles. The predicted molar refractivity (Wildman–Crippen MR) is 67.1 cm³/mol. The van der Waals surface area contributed by atoms with E-state index in [2.05, 4.69) is 28.3 Å². The van der Waals surface area contributed by atoms with Crippen molar-refractivity contribution >= 4 is 27.4 Å². The number of aromatic nitrogens is 2. The van der Waals surface area contributed by atoms with E-state index in [0.717, 1.165) is 28.3 Å². The van der Waals surface area contributed by atoms with E-state index < -0.39 is 0 Å². The van der Waals surface area contributed by atoms with Gasteiger partial charge in [0.2, 0.25) is 0 Å². The molecule has 0 aliphatic carbocycles. The van der Waals surface area contributed by atoms with Crippen LogP contribution in [0.4, 0.5) is 5.82 Å². The second-order valence-corrected chi connectivity index (χ2v) is 4.80. The molecule has 2 heterocycles. The van der Waals surface area contributed by atoms with Gasteiger partial charge < -0.3 is 10.4 Å². The molecule has 86 valence electrons. The quantitative estimate of drug-likeness (QED) is 0.853. The van der Waals surface area contributed by atoms with Crippen molar-refractivity contribution in [2.45, 2.75) is 20.3 Å². The van der Waals surface area contributed by atoms with Gasteiger partial charge in [-0.3, -0.25) is 0 Å². The second kappa shape index (κ2) is 4.76. The van der Waals surface area contributed by atoms with Crippen molar-refractivity contribution in [3.8, 4) is 0 Å². The number of hydrogen-bond acceptors (Lipinski definition) is 5. The van der Waals surface area contributed by atoms with E-state index in [1.165, 1.54) is 4.88 Å². The van der Waals surface area contributed by atoms with Crippen LogP contribution >= 0.6 is 11.3 Å². The highest BCUT2D eigenvalue weighted by Crippen LogP contribution is 2.28. The lowest BCUT2D eigenvalue weighted by Crippen LogP contribution is -2.08. The fraction of sp³-hybridized carbons (Fsp3) is 0.455. The summed E-state index contributed by atoms with van der Waals surface area (Å²) in [6, 6.07) is 2.08. The highest BCUT2D eigenvalue weighted by Gasteiger charge is 2.09. The van der Waals surface area contributed by atoms with Crippen LogP contribution in [0.2, 0.25) is 0 Å². The van der Waals surface area contributed by atoms with Crippen LogP contribution in [0.15, 0.2) is 6.07 Å². The fourth-order valence-corrected chi connectivity index (χ4v) is 2.45. The van der Waals surface area contributed by atoms with Crippen LogP contribution < -0.4 is 5.32 Å². The Bertz CT molecular complexity index is 495. The number of aliphatic hydroxyl groups is 1. The molecule has 2 aromatic heterocycles. The van der Waals surface area contributed by atoms with Gasteiger partial charge in [0.05, 0.1) is 12.0 Å². The van der Waals surface area contributed by atoms with E-state index in [4.69, 9.17) is 5.11 Å². The van der Waals surface area contributed by atoms with Crippen molar-refractivity contribution < 1.29 is 5.11 Å². The third kappa shape index (κ3) is 2.15. The van der Waals surface area contributed by atoms with Gasteiger partial charge in [-0.15, -0.1) is 11.3 Å². The number of hydrogen-bond donors (Lipinski definition) is 2. The number of anilines is 1. The maximum absolute atomic E-state index is 8.83. The first-order valence-electron chi connectivity index (χ1n) is 5.36. The van der Waals surface area contributed by atoms with E-state index in [1.54, 1.807) is 11.3 Å². The maximum Gasteiger partial charge on any atom is 0.138 e. The first kappa shape index (κ1) is 11.3. The average molecular weight is 237 g/mol. The SMILES string of the molecule is CCc1nc(NCCO)c2cc(C)sc2n1. The molecule has 2 rings (SSSR count). The standard InChI is InChI=1S/C11H15N3OS/c1-3-9-13-10(12-4-5-15)8-6-7(2)16-11(8)14-9/h6,15H,3-5H2,1-2H3,(H,12,13,14). The summed E-state index contributed by atoms with van der Waals surface area (Å²) in [5.41, 5.74) is 0. The zero-order chi connectivity index (χ0) is 11.5. The summed E-state index contributed by atoms with van der Waals surface area (Å²) >= 11 is 1.68. The number of aryl methyl sites for hydroxylation is 2. The summed E-state index contributed by atoms with van der Waals surface area (Å²) in [6.07, 6.45) is 0.820. The smallest absolute Gasteiger partial charge is 0.138 e. The Kier molecular flexibility index (Phi) is 3.36. The van der Waals surface area contributed by atoms with E-state index in [1.807, 2.05) is 6.92 Å². The van der Waals surface area contributed by atoms with Gasteiger partial charge in [0.1, 0.15) is 16.5 Å². The minimum atomic E-state index is 0.107. The molecular formula is C11H15N3OS. The number of nitrogens with one attached hydrogen (secondary N) is 1. The van der Waals surface area contributed by atoms with Gasteiger partial charge in [-0.25, -0.2) is 9.97 Å². The lowest BCUT2D eigenvalue weighted by Gasteiger charge is -2.06. The van der Waals surface area contributed by atoms with Gasteiger partial charge in [-0.1, -0.05) is 6.92 Å². The largest absolute Gasteiger partial charge is 0.395 e. The summed E-state index contributed by atoms with van der Waals surface area (Å²) < 4.78 is 0. The molecule has 0 amide bonds. The molecule has 0 aromatic carbocycles. The molecule has 0 unspecified atom stereocenters. The molecule has 0 fully saturated rings. The average Bonchev–Trinajstić information content (AvgIpc) is 2.65. The van der Waals surface area contributed by atoms with Crippen LogP contribution in [0.1, 0.15) is 17.6 Å². The van der Waals surface area contributed by atoms with Crippen molar-refractivity contribution in [2.75, 3.05) is 18.5 Å². The molecule has 16 heavy (non-hydrogen) atoms. The van der Waals surface area contributed by atoms with Gasteiger partial charge in [0, 0.05) is 17.8 Å². The molecular weight excluding hydrogens is 222 g/mol. The normalized spacial score (nSPS) is 10.9. The molecule has 0 saturated heterocycles. The maximum atomic E-state index is 8.83. The summed E-state index contributed by atoms with van der Waals surface area (Å²) in [6.45, 7) is 4.73. The molecule has 0 aliphatic rings. The lowest BCUT2D eigenvalue weighted by molar-refractivity contribution is 0.311. The first-order valence-corrected chi connectivity index (χ1v) is 6.18. The minimum absolute atomic E-state index is 0.107. The van der Waals surface area contributed by atoms with Crippen molar-refractivity contribution in [1.29, 1.82) is 0 Å². The molecule has 5 heteroatoms. The first-order chi connectivity index (χ1) is 7.74. The lowest BCUT2D eigenvalue weighted by atomic mass is 10.3. The van der Waals surface area contributed by atoms with Crippen molar-refractivity contribution in [2.24, 2.45) is 0 Å². The summed E-state index contributed by atoms with van der Waals surface area (Å²) in [4.78, 5) is 11.2. The molecule has 2 aromatic rings. The topological polar surface area (TPSA) is 58.0 Å². The molecule has 4 nitrogen and oxygen atoms in total. The van der Waals surface area contributed by atoms with Crippen LogP contribution in [0.25, 0.3) is 10.2 Å². The van der Waals surface area contributed by atoms with Crippen molar-refractivity contribution in [1.82, 2.24) is 9.97 Å². The molecule has 0 aliphatic heterocycles. The van der Waals surface area contributed by atoms with E-state index >= 15 is 0 Å². The van der Waals surface area contributed by atoms with E-state index in [0.29, 0.717) is 6.54 Å². The predicted octanol–water partition coefficient (Wildman–Crippen LogP) is 1.97. The molecule has 0 spiro atoms. The Morgan fingerprint density at radius 2 is 2.25 bits per heavy atom. The van der Waals surface area contributed by atoms with Crippen LogP contribution in [0.5, 0.6) is 0 Å². The summed E-state index contributed by atoms with van der Waals surface area (Å²) in [7, 11) is 0. The summed E-state index contributed by atoms with van der Waals surface area (Å²) in [5.74, 6) is 1.68. The van der Waals surface area contributed by atoms with Crippen LogP contribution in [0, 0.1) is 6.92 Å². The van der Waals surface area contributed by atoms with Gasteiger partial charge >= 0.3 is 0 Å². The number of rotatable bonds is 4. The van der Waals surface area contributed by atoms with Gasteiger partial charge in [0.25, 0.3) is 0 Å². The van der Waals surface area contributed by atoms with Crippen LogP contribution in [0.3, 0.4) is 0 Å². The van der Waals surface area contributed by atoms with Crippen molar-refractivity contribution in [3.05, 3.63) is 16.8 Å². The molecule has 0 atom stereocenters. The number of fused-ring (bicyclic) bond motifs is 1. The van der Waals surface area contributed by atoms with Gasteiger partial charge in [-0.2, -0.15) is 0 Å². The Balaban J connectivity index is 2.49. The number of aliphatic hydroxyl groups excluding tert-OH is 1. The molecule has 0 bridgehead atoms. The van der Waals surface area contributed by atoms with Crippen LogP contribution in [-0.4, -0.2) is 28.2 Å². The third-order valence-electron chi connectivity index (χ3n) is 2.28. The monoisotopic (exact) mass is 237 g/mol.